The zero-order chi connectivity index (χ0) is 14.4. The fourth-order valence-corrected chi connectivity index (χ4v) is 1.66. The van der Waals surface area contributed by atoms with E-state index < -0.39 is 0 Å². The molecule has 0 bridgehead atoms. The van der Waals surface area contributed by atoms with Gasteiger partial charge in [0.15, 0.2) is 0 Å². The van der Waals surface area contributed by atoms with Crippen molar-refractivity contribution in [1.82, 2.24) is 15.1 Å². The van der Waals surface area contributed by atoms with Crippen LogP contribution < -0.4 is 0 Å². The number of hydrogen-bond acceptors (Lipinski definition) is 6. The van der Waals surface area contributed by atoms with Gasteiger partial charge in [-0.05, 0) is 12.1 Å². The summed E-state index contributed by atoms with van der Waals surface area (Å²) in [6, 6.07) is 5.57. The second-order valence-electron chi connectivity index (χ2n) is 3.95. The maximum absolute atomic E-state index is 5.44. The van der Waals surface area contributed by atoms with Gasteiger partial charge < -0.3 is 9.26 Å². The molecule has 0 spiro atoms. The molecule has 0 saturated carbocycles. The fourth-order valence-electron chi connectivity index (χ4n) is 1.66. The summed E-state index contributed by atoms with van der Waals surface area (Å²) < 4.78 is 10.7. The van der Waals surface area contributed by atoms with Crippen molar-refractivity contribution in [3.8, 4) is 11.3 Å². The first-order valence-corrected chi connectivity index (χ1v) is 6.63. The van der Waals surface area contributed by atoms with E-state index in [9.17, 15) is 0 Å². The van der Waals surface area contributed by atoms with Crippen LogP contribution >= 0.6 is 0 Å². The third-order valence-corrected chi connectivity index (χ3v) is 2.59. The fraction of sp³-hybridized carbons (Fsp3) is 0.357. The number of likely N-dealkylation sites (N-methyl/N-ethyl adjacent to an activating group) is 1. The summed E-state index contributed by atoms with van der Waals surface area (Å²) in [5.74, 6) is 0.992. The highest BCUT2D eigenvalue weighted by Gasteiger charge is 2.17. The predicted molar refractivity (Wildman–Crippen MR) is 76.2 cm³/mol. The third-order valence-electron chi connectivity index (χ3n) is 2.59. The van der Waals surface area contributed by atoms with Gasteiger partial charge in [-0.15, -0.1) is 5.10 Å². The molecule has 2 aromatic heterocycles. The molecule has 0 radical (unpaired) electrons. The Bertz CT molecular complexity index is 566. The van der Waals surface area contributed by atoms with Crippen LogP contribution in [0.15, 0.2) is 40.2 Å². The molecule has 0 aromatic carbocycles. The first-order valence-electron chi connectivity index (χ1n) is 6.63. The van der Waals surface area contributed by atoms with Gasteiger partial charge in [-0.3, -0.25) is 9.99 Å². The van der Waals surface area contributed by atoms with Gasteiger partial charge in [0, 0.05) is 31.1 Å². The van der Waals surface area contributed by atoms with Gasteiger partial charge >= 0.3 is 0 Å². The number of hydrazone groups is 1. The molecule has 0 fully saturated rings. The molecule has 0 amide bonds. The summed E-state index contributed by atoms with van der Waals surface area (Å²) >= 11 is 0. The van der Waals surface area contributed by atoms with Crippen LogP contribution in [0.5, 0.6) is 0 Å². The molecule has 2 aromatic rings. The van der Waals surface area contributed by atoms with E-state index >= 15 is 0 Å². The van der Waals surface area contributed by atoms with Gasteiger partial charge in [-0.25, -0.2) is 0 Å². The van der Waals surface area contributed by atoms with Crippen molar-refractivity contribution in [2.45, 2.75) is 13.8 Å². The van der Waals surface area contributed by atoms with Crippen molar-refractivity contribution in [1.29, 1.82) is 0 Å². The predicted octanol–water partition coefficient (Wildman–Crippen LogP) is 2.39. The lowest BCUT2D eigenvalue weighted by atomic mass is 10.2. The number of nitrogens with zero attached hydrogens (tertiary/aromatic N) is 4. The average Bonchev–Trinajstić information content (AvgIpc) is 3.00. The molecule has 6 heteroatoms. The largest absolute Gasteiger partial charge is 0.472 e. The second kappa shape index (κ2) is 6.70. The lowest BCUT2D eigenvalue weighted by Gasteiger charge is -2.19. The zero-order valence-electron chi connectivity index (χ0n) is 11.9. The lowest BCUT2D eigenvalue weighted by molar-refractivity contribution is 0.186. The Morgan fingerprint density at radius 1 is 1.30 bits per heavy atom. The van der Waals surface area contributed by atoms with E-state index in [1.165, 1.54) is 0 Å². The highest BCUT2D eigenvalue weighted by Crippen LogP contribution is 2.19. The molecule has 106 valence electrons. The number of rotatable bonds is 2. The van der Waals surface area contributed by atoms with E-state index in [0.717, 1.165) is 17.8 Å². The minimum Gasteiger partial charge on any atom is -0.472 e. The minimum atomic E-state index is 0.464. The van der Waals surface area contributed by atoms with Crippen molar-refractivity contribution in [3.63, 3.8) is 0 Å². The number of pyridine rings is 1. The van der Waals surface area contributed by atoms with E-state index in [1.54, 1.807) is 18.5 Å². The van der Waals surface area contributed by atoms with Crippen LogP contribution in [0.4, 0.5) is 0 Å². The first kappa shape index (κ1) is 14.0. The van der Waals surface area contributed by atoms with Gasteiger partial charge in [0.1, 0.15) is 12.3 Å². The zero-order valence-corrected chi connectivity index (χ0v) is 11.9. The Hall–Kier alpha value is -2.37. The molecule has 0 saturated heterocycles. The number of ether oxygens (including phenoxy) is 1. The molecule has 3 heterocycles. The monoisotopic (exact) mass is 274 g/mol. The van der Waals surface area contributed by atoms with E-state index in [4.69, 9.17) is 9.26 Å². The highest BCUT2D eigenvalue weighted by atomic mass is 16.5. The van der Waals surface area contributed by atoms with Crippen LogP contribution in [-0.4, -0.2) is 41.2 Å². The smallest absolute Gasteiger partial charge is 0.277 e. The SMILES string of the molecule is CC.CN1CCOC(c2cc(-c3cccnc3)no2)=N1. The highest BCUT2D eigenvalue weighted by molar-refractivity contribution is 5.92. The van der Waals surface area contributed by atoms with Crippen LogP contribution in [0.1, 0.15) is 19.6 Å². The summed E-state index contributed by atoms with van der Waals surface area (Å²) in [4.78, 5) is 4.04. The van der Waals surface area contributed by atoms with Crippen LogP contribution in [0.2, 0.25) is 0 Å². The van der Waals surface area contributed by atoms with Crippen molar-refractivity contribution >= 4 is 5.90 Å². The van der Waals surface area contributed by atoms with Crippen molar-refractivity contribution in [3.05, 3.63) is 36.4 Å². The van der Waals surface area contributed by atoms with Gasteiger partial charge in [0.2, 0.25) is 5.76 Å². The minimum absolute atomic E-state index is 0.464. The Morgan fingerprint density at radius 2 is 2.15 bits per heavy atom. The summed E-state index contributed by atoms with van der Waals surface area (Å²) in [5, 5.41) is 10.0. The Kier molecular flexibility index (Phi) is 4.70. The van der Waals surface area contributed by atoms with Gasteiger partial charge in [0.05, 0.1) is 6.54 Å². The summed E-state index contributed by atoms with van der Waals surface area (Å²) in [6.07, 6.45) is 3.45. The maximum Gasteiger partial charge on any atom is 0.277 e. The molecular formula is C14H18N4O2. The first-order chi connectivity index (χ1) is 9.83. The summed E-state index contributed by atoms with van der Waals surface area (Å²) in [6.45, 7) is 5.37. The summed E-state index contributed by atoms with van der Waals surface area (Å²) in [5.41, 5.74) is 1.62. The molecule has 0 aliphatic carbocycles. The second-order valence-corrected chi connectivity index (χ2v) is 3.95. The van der Waals surface area contributed by atoms with Crippen LogP contribution in [-0.2, 0) is 4.74 Å². The van der Waals surface area contributed by atoms with Crippen molar-refractivity contribution < 1.29 is 9.26 Å². The maximum atomic E-state index is 5.44. The molecule has 3 rings (SSSR count). The van der Waals surface area contributed by atoms with E-state index in [2.05, 4.69) is 15.2 Å². The quantitative estimate of drug-likeness (QED) is 0.841. The molecular weight excluding hydrogens is 256 g/mol. The van der Waals surface area contributed by atoms with Crippen molar-refractivity contribution in [2.24, 2.45) is 5.10 Å². The van der Waals surface area contributed by atoms with E-state index in [0.29, 0.717) is 18.3 Å². The molecule has 0 unspecified atom stereocenters. The van der Waals surface area contributed by atoms with E-state index in [1.807, 2.05) is 38.0 Å². The van der Waals surface area contributed by atoms with Crippen LogP contribution in [0, 0.1) is 0 Å². The Balaban J connectivity index is 0.000000704. The molecule has 6 nitrogen and oxygen atoms in total. The number of aromatic nitrogens is 2. The third kappa shape index (κ3) is 3.14. The number of hydrogen-bond donors (Lipinski definition) is 0. The molecule has 1 aliphatic heterocycles. The molecule has 0 N–H and O–H groups in total. The standard InChI is InChI=1S/C12H12N4O2.C2H6/c1-16-5-6-17-12(14-16)11-7-10(15-18-11)9-3-2-4-13-8-9;1-2/h2-4,7-8H,5-6H2,1H3;1-2H3. The lowest BCUT2D eigenvalue weighted by Crippen LogP contribution is -2.27. The van der Waals surface area contributed by atoms with Gasteiger partial charge in [0.25, 0.3) is 5.90 Å². The Labute approximate surface area is 118 Å². The van der Waals surface area contributed by atoms with Crippen LogP contribution in [0.3, 0.4) is 0 Å². The molecule has 20 heavy (non-hydrogen) atoms. The van der Waals surface area contributed by atoms with E-state index in [-0.39, 0.29) is 0 Å². The van der Waals surface area contributed by atoms with Crippen molar-refractivity contribution in [2.75, 3.05) is 20.2 Å². The van der Waals surface area contributed by atoms with Gasteiger partial charge in [-0.1, -0.05) is 19.0 Å². The topological polar surface area (TPSA) is 63.8 Å². The average molecular weight is 274 g/mol. The van der Waals surface area contributed by atoms with Gasteiger partial charge in [-0.2, -0.15) is 0 Å². The van der Waals surface area contributed by atoms with Crippen LogP contribution in [0.25, 0.3) is 11.3 Å². The molecule has 0 atom stereocenters. The normalized spacial score (nSPS) is 13.9. The summed E-state index contributed by atoms with van der Waals surface area (Å²) in [7, 11) is 1.89. The molecule has 1 aliphatic rings. The Morgan fingerprint density at radius 3 is 2.85 bits per heavy atom.